The van der Waals surface area contributed by atoms with Crippen molar-refractivity contribution in [2.24, 2.45) is 0 Å². The smallest absolute Gasteiger partial charge is 0.320 e. The van der Waals surface area contributed by atoms with Crippen LogP contribution in [0.1, 0.15) is 24.8 Å². The second-order valence-electron chi connectivity index (χ2n) is 4.67. The predicted octanol–water partition coefficient (Wildman–Crippen LogP) is 2.56. The minimum atomic E-state index is -0.705. The lowest BCUT2D eigenvalue weighted by Gasteiger charge is -2.32. The lowest BCUT2D eigenvalue weighted by atomic mass is 10.0. The van der Waals surface area contributed by atoms with Crippen molar-refractivity contribution < 1.29 is 14.6 Å². The van der Waals surface area contributed by atoms with Gasteiger partial charge in [-0.15, -0.1) is 12.4 Å². The van der Waals surface area contributed by atoms with Gasteiger partial charge in [-0.25, -0.2) is 0 Å². The second-order valence-corrected chi connectivity index (χ2v) is 4.67. The molecule has 1 heterocycles. The van der Waals surface area contributed by atoms with E-state index in [-0.39, 0.29) is 18.4 Å². The van der Waals surface area contributed by atoms with Crippen molar-refractivity contribution in [2.45, 2.75) is 31.8 Å². The number of methoxy groups -OCH3 is 1. The molecule has 1 saturated heterocycles. The number of nitrogens with zero attached hydrogens (tertiary/aromatic N) is 1. The van der Waals surface area contributed by atoms with E-state index in [9.17, 15) is 9.90 Å². The number of halogens is 1. The Bertz CT molecular complexity index is 408. The number of likely N-dealkylation sites (tertiary alicyclic amines) is 1. The van der Waals surface area contributed by atoms with Crippen molar-refractivity contribution >= 4 is 18.4 Å². The molecule has 1 aliphatic rings. The minimum absolute atomic E-state index is 0. The van der Waals surface area contributed by atoms with E-state index in [1.54, 1.807) is 7.11 Å². The average Bonchev–Trinajstić information content (AvgIpc) is 2.40. The molecule has 1 aromatic carbocycles. The highest BCUT2D eigenvalue weighted by atomic mass is 35.5. The number of benzene rings is 1. The standard InChI is InChI=1S/C14H19NO3.ClH/c1-18-12-7-5-11(6-8-12)10-15-9-3-2-4-13(15)14(16)17;/h5-8,13H,2-4,9-10H2,1H3,(H,16,17);1H. The number of rotatable bonds is 4. The maximum Gasteiger partial charge on any atom is 0.320 e. The number of carboxylic acid groups (broad SMARTS) is 1. The van der Waals surface area contributed by atoms with Gasteiger partial charge in [-0.2, -0.15) is 0 Å². The van der Waals surface area contributed by atoms with Crippen molar-refractivity contribution in [3.8, 4) is 5.75 Å². The van der Waals surface area contributed by atoms with Crippen LogP contribution in [-0.2, 0) is 11.3 Å². The summed E-state index contributed by atoms with van der Waals surface area (Å²) in [5, 5.41) is 9.21. The highest BCUT2D eigenvalue weighted by Gasteiger charge is 2.28. The number of hydrogen-bond donors (Lipinski definition) is 1. The highest BCUT2D eigenvalue weighted by molar-refractivity contribution is 5.85. The number of carbonyl (C=O) groups is 1. The van der Waals surface area contributed by atoms with E-state index >= 15 is 0 Å². The Balaban J connectivity index is 0.00000180. The molecule has 1 fully saturated rings. The monoisotopic (exact) mass is 285 g/mol. The third kappa shape index (κ3) is 4.11. The van der Waals surface area contributed by atoms with Gasteiger partial charge in [-0.1, -0.05) is 18.6 Å². The molecule has 5 heteroatoms. The number of ether oxygens (including phenoxy) is 1. The molecule has 0 radical (unpaired) electrons. The van der Waals surface area contributed by atoms with Gasteiger partial charge in [-0.05, 0) is 37.1 Å². The first kappa shape index (κ1) is 15.8. The topological polar surface area (TPSA) is 49.8 Å². The summed E-state index contributed by atoms with van der Waals surface area (Å²) < 4.78 is 5.11. The number of piperidine rings is 1. The summed E-state index contributed by atoms with van der Waals surface area (Å²) in [5.41, 5.74) is 1.13. The Kier molecular flexibility index (Phi) is 6.12. The minimum Gasteiger partial charge on any atom is -0.497 e. The van der Waals surface area contributed by atoms with Crippen LogP contribution in [0.3, 0.4) is 0 Å². The van der Waals surface area contributed by atoms with Crippen LogP contribution in [0.5, 0.6) is 5.75 Å². The summed E-state index contributed by atoms with van der Waals surface area (Å²) in [7, 11) is 1.64. The molecule has 0 bridgehead atoms. The van der Waals surface area contributed by atoms with Crippen LogP contribution in [0.25, 0.3) is 0 Å². The van der Waals surface area contributed by atoms with Crippen LogP contribution in [-0.4, -0.2) is 35.7 Å². The lowest BCUT2D eigenvalue weighted by Crippen LogP contribution is -2.43. The molecule has 0 aliphatic carbocycles. The second kappa shape index (κ2) is 7.36. The molecule has 1 atom stereocenters. The molecule has 1 aromatic rings. The summed E-state index contributed by atoms with van der Waals surface area (Å²) in [6.45, 7) is 1.56. The van der Waals surface area contributed by atoms with Gasteiger partial charge in [0.05, 0.1) is 7.11 Å². The van der Waals surface area contributed by atoms with E-state index in [4.69, 9.17) is 4.74 Å². The SMILES string of the molecule is COc1ccc(CN2CCCCC2C(=O)O)cc1.Cl. The van der Waals surface area contributed by atoms with Gasteiger partial charge in [0.2, 0.25) is 0 Å². The van der Waals surface area contributed by atoms with Crippen molar-refractivity contribution in [1.29, 1.82) is 0 Å². The number of carboxylic acids is 1. The zero-order chi connectivity index (χ0) is 13.0. The Morgan fingerprint density at radius 1 is 1.37 bits per heavy atom. The zero-order valence-corrected chi connectivity index (χ0v) is 11.9. The number of hydrogen-bond acceptors (Lipinski definition) is 3. The van der Waals surface area contributed by atoms with Crippen molar-refractivity contribution in [3.05, 3.63) is 29.8 Å². The summed E-state index contributed by atoms with van der Waals surface area (Å²) in [6, 6.07) is 7.48. The van der Waals surface area contributed by atoms with Crippen LogP contribution in [0, 0.1) is 0 Å². The molecule has 19 heavy (non-hydrogen) atoms. The van der Waals surface area contributed by atoms with Crippen LogP contribution in [0.4, 0.5) is 0 Å². The molecule has 1 N–H and O–H groups in total. The quantitative estimate of drug-likeness (QED) is 0.924. The van der Waals surface area contributed by atoms with Gasteiger partial charge in [0.15, 0.2) is 0 Å². The maximum atomic E-state index is 11.2. The fourth-order valence-electron chi connectivity index (χ4n) is 2.43. The van der Waals surface area contributed by atoms with Gasteiger partial charge >= 0.3 is 5.97 Å². The summed E-state index contributed by atoms with van der Waals surface area (Å²) >= 11 is 0. The maximum absolute atomic E-state index is 11.2. The van der Waals surface area contributed by atoms with Gasteiger partial charge in [-0.3, -0.25) is 9.69 Å². The van der Waals surface area contributed by atoms with E-state index in [2.05, 4.69) is 0 Å². The zero-order valence-electron chi connectivity index (χ0n) is 11.0. The fourth-order valence-corrected chi connectivity index (χ4v) is 2.43. The third-order valence-electron chi connectivity index (χ3n) is 3.44. The number of aliphatic carboxylic acids is 1. The Labute approximate surface area is 119 Å². The normalized spacial score (nSPS) is 19.5. The van der Waals surface area contributed by atoms with Crippen LogP contribution >= 0.6 is 12.4 Å². The van der Waals surface area contributed by atoms with Crippen molar-refractivity contribution in [1.82, 2.24) is 4.90 Å². The highest BCUT2D eigenvalue weighted by Crippen LogP contribution is 2.21. The molecular formula is C14H20ClNO3. The molecule has 0 spiro atoms. The first-order chi connectivity index (χ1) is 8.70. The van der Waals surface area contributed by atoms with Crippen molar-refractivity contribution in [3.63, 3.8) is 0 Å². The Morgan fingerprint density at radius 3 is 2.63 bits per heavy atom. The first-order valence-corrected chi connectivity index (χ1v) is 6.30. The molecule has 0 aromatic heterocycles. The molecule has 1 aliphatic heterocycles. The molecule has 106 valence electrons. The van der Waals surface area contributed by atoms with Gasteiger partial charge in [0, 0.05) is 6.54 Å². The lowest BCUT2D eigenvalue weighted by molar-refractivity contribution is -0.144. The largest absolute Gasteiger partial charge is 0.497 e. The van der Waals surface area contributed by atoms with Crippen molar-refractivity contribution in [2.75, 3.05) is 13.7 Å². The average molecular weight is 286 g/mol. The molecule has 0 amide bonds. The summed E-state index contributed by atoms with van der Waals surface area (Å²) in [5.74, 6) is 0.121. The van der Waals surface area contributed by atoms with E-state index in [0.717, 1.165) is 37.1 Å². The third-order valence-corrected chi connectivity index (χ3v) is 3.44. The molecule has 4 nitrogen and oxygen atoms in total. The van der Waals surface area contributed by atoms with E-state index in [1.807, 2.05) is 29.2 Å². The molecular weight excluding hydrogens is 266 g/mol. The fraction of sp³-hybridized carbons (Fsp3) is 0.500. The molecule has 1 unspecified atom stereocenters. The van der Waals surface area contributed by atoms with Crippen LogP contribution < -0.4 is 4.74 Å². The van der Waals surface area contributed by atoms with Crippen LogP contribution in [0.15, 0.2) is 24.3 Å². The van der Waals surface area contributed by atoms with Crippen LogP contribution in [0.2, 0.25) is 0 Å². The Morgan fingerprint density at radius 2 is 2.05 bits per heavy atom. The van der Waals surface area contributed by atoms with E-state index < -0.39 is 5.97 Å². The predicted molar refractivity (Wildman–Crippen MR) is 75.9 cm³/mol. The van der Waals surface area contributed by atoms with Gasteiger partial charge < -0.3 is 9.84 Å². The summed E-state index contributed by atoms with van der Waals surface area (Å²) in [6.07, 6.45) is 2.85. The van der Waals surface area contributed by atoms with E-state index in [1.165, 1.54) is 0 Å². The molecule has 0 saturated carbocycles. The first-order valence-electron chi connectivity index (χ1n) is 6.30. The summed E-state index contributed by atoms with van der Waals surface area (Å²) in [4.78, 5) is 13.2. The van der Waals surface area contributed by atoms with Gasteiger partial charge in [0.1, 0.15) is 11.8 Å². The van der Waals surface area contributed by atoms with E-state index in [0.29, 0.717) is 6.54 Å². The van der Waals surface area contributed by atoms with Gasteiger partial charge in [0.25, 0.3) is 0 Å². The molecule has 2 rings (SSSR count). The Hall–Kier alpha value is -1.26.